The zero-order valence-corrected chi connectivity index (χ0v) is 15.0. The van der Waals surface area contributed by atoms with Crippen LogP contribution in [0.15, 0.2) is 12.1 Å². The highest BCUT2D eigenvalue weighted by atomic mass is 16.5. The van der Waals surface area contributed by atoms with E-state index in [0.717, 1.165) is 54.7 Å². The summed E-state index contributed by atoms with van der Waals surface area (Å²) in [5.41, 5.74) is 2.23. The van der Waals surface area contributed by atoms with Gasteiger partial charge in [-0.05, 0) is 76.1 Å². The van der Waals surface area contributed by atoms with Gasteiger partial charge in [0.2, 0.25) is 0 Å². The lowest BCUT2D eigenvalue weighted by Gasteiger charge is -2.26. The molecule has 1 aromatic carbocycles. The Balaban J connectivity index is 2.16. The molecule has 0 aliphatic heterocycles. The van der Waals surface area contributed by atoms with E-state index in [9.17, 15) is 4.79 Å². The van der Waals surface area contributed by atoms with Crippen LogP contribution in [0.5, 0.6) is 5.75 Å². The van der Waals surface area contributed by atoms with Gasteiger partial charge in [0.25, 0.3) is 5.91 Å². The third kappa shape index (κ3) is 3.86. The van der Waals surface area contributed by atoms with E-state index in [1.54, 1.807) is 7.11 Å². The second-order valence-corrected chi connectivity index (χ2v) is 6.64. The van der Waals surface area contributed by atoms with Crippen LogP contribution in [0, 0.1) is 13.8 Å². The minimum Gasteiger partial charge on any atom is -0.490 e. The number of methoxy groups -OCH3 is 1. The molecule has 1 aliphatic carbocycles. The quantitative estimate of drug-likeness (QED) is 0.846. The van der Waals surface area contributed by atoms with Crippen LogP contribution in [-0.4, -0.2) is 24.7 Å². The van der Waals surface area contributed by atoms with Crippen molar-refractivity contribution in [1.82, 2.24) is 0 Å². The first-order chi connectivity index (χ1) is 10.9. The van der Waals surface area contributed by atoms with Gasteiger partial charge in [0.15, 0.2) is 0 Å². The van der Waals surface area contributed by atoms with Crippen molar-refractivity contribution >= 4 is 11.6 Å². The summed E-state index contributed by atoms with van der Waals surface area (Å²) >= 11 is 0. The number of rotatable bonds is 6. The van der Waals surface area contributed by atoms with Gasteiger partial charge in [-0.3, -0.25) is 4.79 Å². The number of anilines is 1. The summed E-state index contributed by atoms with van der Waals surface area (Å²) in [5.74, 6) is 0.881. The third-order valence-electron chi connectivity index (χ3n) is 4.83. The number of nitrogens with one attached hydrogen (secondary N) is 1. The number of benzene rings is 1. The zero-order chi connectivity index (χ0) is 17.0. The monoisotopic (exact) mass is 319 g/mol. The van der Waals surface area contributed by atoms with Crippen LogP contribution in [0.4, 0.5) is 5.69 Å². The third-order valence-corrected chi connectivity index (χ3v) is 4.83. The molecule has 1 fully saturated rings. The van der Waals surface area contributed by atoms with Gasteiger partial charge in [-0.1, -0.05) is 6.92 Å². The molecule has 0 unspecified atom stereocenters. The molecule has 0 aromatic heterocycles. The fourth-order valence-corrected chi connectivity index (χ4v) is 3.21. The average molecular weight is 319 g/mol. The van der Waals surface area contributed by atoms with Gasteiger partial charge in [-0.15, -0.1) is 0 Å². The molecular weight excluding hydrogens is 290 g/mol. The van der Waals surface area contributed by atoms with Crippen molar-refractivity contribution in [3.63, 3.8) is 0 Å². The lowest BCUT2D eigenvalue weighted by atomic mass is 10.0. The van der Waals surface area contributed by atoms with Crippen LogP contribution in [0.2, 0.25) is 0 Å². The summed E-state index contributed by atoms with van der Waals surface area (Å²) in [6.07, 6.45) is 4.82. The van der Waals surface area contributed by atoms with E-state index < -0.39 is 5.60 Å². The fourth-order valence-electron chi connectivity index (χ4n) is 3.21. The van der Waals surface area contributed by atoms with E-state index in [1.165, 1.54) is 0 Å². The van der Waals surface area contributed by atoms with Crippen LogP contribution < -0.4 is 10.1 Å². The molecule has 0 bridgehead atoms. The number of aryl methyl sites for hydroxylation is 2. The molecule has 0 heterocycles. The van der Waals surface area contributed by atoms with Crippen molar-refractivity contribution in [3.8, 4) is 5.75 Å². The van der Waals surface area contributed by atoms with Crippen molar-refractivity contribution < 1.29 is 14.3 Å². The molecule has 4 heteroatoms. The van der Waals surface area contributed by atoms with E-state index in [-0.39, 0.29) is 12.0 Å². The number of carbonyl (C=O) groups excluding carboxylic acids is 1. The molecule has 1 saturated carbocycles. The molecule has 128 valence electrons. The smallest absolute Gasteiger partial charge is 0.256 e. The second-order valence-electron chi connectivity index (χ2n) is 6.64. The first kappa shape index (κ1) is 17.8. The Morgan fingerprint density at radius 3 is 2.30 bits per heavy atom. The van der Waals surface area contributed by atoms with Crippen LogP contribution >= 0.6 is 0 Å². The SMILES string of the molecule is CC[C@@H](C)Oc1c(C)cc(NC(=O)C2(OC)CCCC2)cc1C. The molecule has 1 N–H and O–H groups in total. The predicted octanol–water partition coefficient (Wildman–Crippen LogP) is 4.38. The number of hydrogen-bond acceptors (Lipinski definition) is 3. The molecule has 1 amide bonds. The van der Waals surface area contributed by atoms with Crippen LogP contribution in [0.25, 0.3) is 0 Å². The highest BCUT2D eigenvalue weighted by molar-refractivity contribution is 5.97. The molecule has 0 spiro atoms. The largest absolute Gasteiger partial charge is 0.490 e. The molecule has 1 aromatic rings. The molecule has 1 aliphatic rings. The first-order valence-corrected chi connectivity index (χ1v) is 8.56. The van der Waals surface area contributed by atoms with Crippen molar-refractivity contribution in [2.75, 3.05) is 12.4 Å². The van der Waals surface area contributed by atoms with Crippen molar-refractivity contribution in [2.24, 2.45) is 0 Å². The van der Waals surface area contributed by atoms with Crippen LogP contribution in [-0.2, 0) is 9.53 Å². The number of hydrogen-bond donors (Lipinski definition) is 1. The molecule has 0 radical (unpaired) electrons. The van der Waals surface area contributed by atoms with Gasteiger partial charge < -0.3 is 14.8 Å². The molecule has 23 heavy (non-hydrogen) atoms. The van der Waals surface area contributed by atoms with Gasteiger partial charge in [-0.2, -0.15) is 0 Å². The van der Waals surface area contributed by atoms with E-state index in [4.69, 9.17) is 9.47 Å². The number of ether oxygens (including phenoxy) is 2. The van der Waals surface area contributed by atoms with E-state index >= 15 is 0 Å². The minimum atomic E-state index is -0.659. The average Bonchev–Trinajstić information content (AvgIpc) is 3.01. The Bertz CT molecular complexity index is 539. The topological polar surface area (TPSA) is 47.6 Å². The molecule has 2 rings (SSSR count). The maximum Gasteiger partial charge on any atom is 0.256 e. The lowest BCUT2D eigenvalue weighted by molar-refractivity contribution is -0.136. The lowest BCUT2D eigenvalue weighted by Crippen LogP contribution is -2.42. The van der Waals surface area contributed by atoms with Gasteiger partial charge in [0, 0.05) is 12.8 Å². The van der Waals surface area contributed by atoms with Gasteiger partial charge in [0.05, 0.1) is 6.10 Å². The molecule has 1 atom stereocenters. The summed E-state index contributed by atoms with van der Waals surface area (Å²) in [6.45, 7) is 8.21. The molecule has 4 nitrogen and oxygen atoms in total. The van der Waals surface area contributed by atoms with Crippen LogP contribution in [0.3, 0.4) is 0 Å². The van der Waals surface area contributed by atoms with Gasteiger partial charge in [0.1, 0.15) is 11.4 Å². The maximum absolute atomic E-state index is 12.6. The first-order valence-electron chi connectivity index (χ1n) is 8.56. The van der Waals surface area contributed by atoms with Gasteiger partial charge >= 0.3 is 0 Å². The van der Waals surface area contributed by atoms with E-state index in [0.29, 0.717) is 0 Å². The van der Waals surface area contributed by atoms with Crippen molar-refractivity contribution in [3.05, 3.63) is 23.3 Å². The summed E-state index contributed by atoms with van der Waals surface area (Å²) in [7, 11) is 1.63. The second kappa shape index (κ2) is 7.35. The molecule has 0 saturated heterocycles. The summed E-state index contributed by atoms with van der Waals surface area (Å²) in [5, 5.41) is 3.03. The Kier molecular flexibility index (Phi) is 5.69. The van der Waals surface area contributed by atoms with E-state index in [2.05, 4.69) is 19.2 Å². The van der Waals surface area contributed by atoms with Crippen molar-refractivity contribution in [2.45, 2.75) is 71.5 Å². The zero-order valence-electron chi connectivity index (χ0n) is 15.0. The summed E-state index contributed by atoms with van der Waals surface area (Å²) in [4.78, 5) is 12.6. The van der Waals surface area contributed by atoms with E-state index in [1.807, 2.05) is 26.0 Å². The van der Waals surface area contributed by atoms with Crippen LogP contribution in [0.1, 0.15) is 57.1 Å². The fraction of sp³-hybridized carbons (Fsp3) is 0.632. The molecular formula is C19H29NO3. The Morgan fingerprint density at radius 1 is 1.26 bits per heavy atom. The predicted molar refractivity (Wildman–Crippen MR) is 93.1 cm³/mol. The standard InChI is InChI=1S/C19H29NO3/c1-6-15(4)23-17-13(2)11-16(12-14(17)3)20-18(21)19(22-5)9-7-8-10-19/h11-12,15H,6-10H2,1-5H3,(H,20,21)/t15-/m1/s1. The Morgan fingerprint density at radius 2 is 1.83 bits per heavy atom. The Hall–Kier alpha value is -1.55. The van der Waals surface area contributed by atoms with Gasteiger partial charge in [-0.25, -0.2) is 0 Å². The summed E-state index contributed by atoms with van der Waals surface area (Å²) in [6, 6.07) is 3.95. The summed E-state index contributed by atoms with van der Waals surface area (Å²) < 4.78 is 11.5. The van der Waals surface area contributed by atoms with Crippen molar-refractivity contribution in [1.29, 1.82) is 0 Å². The number of carbonyl (C=O) groups is 1. The Labute approximate surface area is 139 Å². The minimum absolute atomic E-state index is 0.0353. The normalized spacial score (nSPS) is 17.8. The highest BCUT2D eigenvalue weighted by Crippen LogP contribution is 2.35. The number of amides is 1. The maximum atomic E-state index is 12.6. The highest BCUT2D eigenvalue weighted by Gasteiger charge is 2.41.